The van der Waals surface area contributed by atoms with Crippen LogP contribution in [-0.4, -0.2) is 9.13 Å². The minimum Gasteiger partial charge on any atom is -0.310 e. The van der Waals surface area contributed by atoms with Gasteiger partial charge in [-0.2, -0.15) is 0 Å². The van der Waals surface area contributed by atoms with Gasteiger partial charge in [-0.3, -0.25) is 0 Å². The summed E-state index contributed by atoms with van der Waals surface area (Å²) >= 11 is 0. The van der Waals surface area contributed by atoms with E-state index in [0.29, 0.717) is 0 Å². The molecule has 2 aromatic heterocycles. The largest absolute Gasteiger partial charge is 0.310 e. The molecule has 0 aliphatic carbocycles. The maximum Gasteiger partial charge on any atom is 0.0789 e. The summed E-state index contributed by atoms with van der Waals surface area (Å²) in [5, 5.41) is 3.65. The molecule has 0 aliphatic heterocycles. The van der Waals surface area contributed by atoms with Gasteiger partial charge in [0.2, 0.25) is 0 Å². The lowest BCUT2D eigenvalue weighted by Gasteiger charge is -2.26. The first-order chi connectivity index (χ1) is 26.3. The average Bonchev–Trinajstić information content (AvgIpc) is 3.77. The SMILES string of the molecule is c1ccc(-c2c(-c3ccccc3)n(-c3ccccc3)c3c2ccc2c4ccccc4n(-c4cccc(N(c5ccccc5)c5ccccc5)c4)c23)cc1. The molecule has 0 saturated carbocycles. The molecule has 0 radical (unpaired) electrons. The fourth-order valence-corrected chi connectivity index (χ4v) is 8.06. The van der Waals surface area contributed by atoms with Crippen molar-refractivity contribution in [3.8, 4) is 33.8 Å². The highest BCUT2D eigenvalue weighted by Crippen LogP contribution is 2.47. The number of nitrogens with zero attached hydrogens (tertiary/aromatic N) is 3. The first kappa shape index (κ1) is 30.7. The Labute approximate surface area is 308 Å². The first-order valence-electron chi connectivity index (χ1n) is 18.1. The van der Waals surface area contributed by atoms with Crippen molar-refractivity contribution in [1.29, 1.82) is 0 Å². The van der Waals surface area contributed by atoms with Gasteiger partial charge in [0.25, 0.3) is 0 Å². The van der Waals surface area contributed by atoms with Crippen LogP contribution in [0.25, 0.3) is 66.5 Å². The van der Waals surface area contributed by atoms with E-state index in [1.807, 2.05) is 0 Å². The van der Waals surface area contributed by atoms with Crippen LogP contribution in [0.1, 0.15) is 0 Å². The Hall–Kier alpha value is -7.10. The van der Waals surface area contributed by atoms with Crippen molar-refractivity contribution < 1.29 is 0 Å². The van der Waals surface area contributed by atoms with Crippen LogP contribution < -0.4 is 4.90 Å². The van der Waals surface area contributed by atoms with Gasteiger partial charge < -0.3 is 14.0 Å². The Morgan fingerprint density at radius 3 is 1.47 bits per heavy atom. The number of anilines is 3. The number of fused-ring (bicyclic) bond motifs is 5. The third kappa shape index (κ3) is 5.13. The van der Waals surface area contributed by atoms with E-state index in [9.17, 15) is 0 Å². The van der Waals surface area contributed by atoms with Crippen molar-refractivity contribution >= 4 is 49.8 Å². The Morgan fingerprint density at radius 1 is 0.321 bits per heavy atom. The summed E-state index contributed by atoms with van der Waals surface area (Å²) in [4.78, 5) is 2.33. The quantitative estimate of drug-likeness (QED) is 0.164. The number of rotatable bonds is 7. The molecule has 0 unspecified atom stereocenters. The van der Waals surface area contributed by atoms with Crippen molar-refractivity contribution in [1.82, 2.24) is 9.13 Å². The molecule has 0 aliphatic rings. The van der Waals surface area contributed by atoms with Gasteiger partial charge in [-0.15, -0.1) is 0 Å². The van der Waals surface area contributed by atoms with E-state index in [4.69, 9.17) is 0 Å². The molecule has 0 amide bonds. The number of para-hydroxylation sites is 4. The summed E-state index contributed by atoms with van der Waals surface area (Å²) < 4.78 is 4.97. The fraction of sp³-hybridized carbons (Fsp3) is 0. The molecule has 10 aromatic rings. The minimum absolute atomic E-state index is 1.09. The summed E-state index contributed by atoms with van der Waals surface area (Å²) in [6.07, 6.45) is 0. The van der Waals surface area contributed by atoms with E-state index in [2.05, 4.69) is 226 Å². The zero-order valence-corrected chi connectivity index (χ0v) is 29.0. The van der Waals surface area contributed by atoms with Crippen LogP contribution in [0.4, 0.5) is 17.1 Å². The lowest BCUT2D eigenvalue weighted by molar-refractivity contribution is 1.12. The van der Waals surface area contributed by atoms with Crippen molar-refractivity contribution in [2.75, 3.05) is 4.90 Å². The molecule has 3 heteroatoms. The van der Waals surface area contributed by atoms with E-state index < -0.39 is 0 Å². The van der Waals surface area contributed by atoms with Gasteiger partial charge in [0, 0.05) is 50.2 Å². The molecule has 10 rings (SSSR count). The van der Waals surface area contributed by atoms with Crippen LogP contribution in [-0.2, 0) is 0 Å². The van der Waals surface area contributed by atoms with Gasteiger partial charge in [-0.25, -0.2) is 0 Å². The third-order valence-corrected chi connectivity index (χ3v) is 10.3. The summed E-state index contributed by atoms with van der Waals surface area (Å²) in [6.45, 7) is 0. The number of aromatic nitrogens is 2. The average molecular weight is 678 g/mol. The predicted molar refractivity (Wildman–Crippen MR) is 223 cm³/mol. The van der Waals surface area contributed by atoms with Crippen molar-refractivity contribution in [3.05, 3.63) is 212 Å². The van der Waals surface area contributed by atoms with Crippen LogP contribution in [0.5, 0.6) is 0 Å². The number of benzene rings is 8. The van der Waals surface area contributed by atoms with E-state index >= 15 is 0 Å². The van der Waals surface area contributed by atoms with Crippen molar-refractivity contribution in [2.45, 2.75) is 0 Å². The molecule has 0 saturated heterocycles. The molecule has 0 atom stereocenters. The zero-order chi connectivity index (χ0) is 35.1. The Morgan fingerprint density at radius 2 is 0.811 bits per heavy atom. The summed E-state index contributed by atoms with van der Waals surface area (Å²) in [7, 11) is 0. The smallest absolute Gasteiger partial charge is 0.0789 e. The first-order valence-corrected chi connectivity index (χ1v) is 18.1. The highest BCUT2D eigenvalue weighted by molar-refractivity contribution is 6.22. The normalized spacial score (nSPS) is 11.4. The van der Waals surface area contributed by atoms with E-state index in [1.165, 1.54) is 55.1 Å². The van der Waals surface area contributed by atoms with Gasteiger partial charge in [0.15, 0.2) is 0 Å². The molecule has 3 nitrogen and oxygen atoms in total. The molecule has 0 fully saturated rings. The van der Waals surface area contributed by atoms with Gasteiger partial charge >= 0.3 is 0 Å². The molecule has 0 spiro atoms. The summed E-state index contributed by atoms with van der Waals surface area (Å²) in [5.74, 6) is 0. The second-order valence-corrected chi connectivity index (χ2v) is 13.4. The van der Waals surface area contributed by atoms with Crippen molar-refractivity contribution in [3.63, 3.8) is 0 Å². The molecule has 2 heterocycles. The Balaban J connectivity index is 1.35. The lowest BCUT2D eigenvalue weighted by Crippen LogP contribution is -2.10. The second kappa shape index (κ2) is 12.9. The highest BCUT2D eigenvalue weighted by atomic mass is 15.1. The molecule has 0 bridgehead atoms. The van der Waals surface area contributed by atoms with Gasteiger partial charge in [0.05, 0.1) is 22.2 Å². The Bertz CT molecular complexity index is 2820. The van der Waals surface area contributed by atoms with Gasteiger partial charge in [0.1, 0.15) is 0 Å². The monoisotopic (exact) mass is 677 g/mol. The van der Waals surface area contributed by atoms with Crippen LogP contribution >= 0.6 is 0 Å². The second-order valence-electron chi connectivity index (χ2n) is 13.4. The predicted octanol–water partition coefficient (Wildman–Crippen LogP) is 13.5. The van der Waals surface area contributed by atoms with E-state index in [0.717, 1.165) is 28.4 Å². The molecular weight excluding hydrogens is 643 g/mol. The Kier molecular flexibility index (Phi) is 7.47. The highest BCUT2D eigenvalue weighted by Gasteiger charge is 2.26. The van der Waals surface area contributed by atoms with Crippen molar-refractivity contribution in [2.24, 2.45) is 0 Å². The summed E-state index contributed by atoms with van der Waals surface area (Å²) in [6, 6.07) is 76.2. The van der Waals surface area contributed by atoms with E-state index in [-0.39, 0.29) is 0 Å². The molecule has 0 N–H and O–H groups in total. The molecule has 250 valence electrons. The minimum atomic E-state index is 1.09. The number of hydrogen-bond donors (Lipinski definition) is 0. The van der Waals surface area contributed by atoms with Crippen LogP contribution in [0.3, 0.4) is 0 Å². The lowest BCUT2D eigenvalue weighted by atomic mass is 9.98. The van der Waals surface area contributed by atoms with Gasteiger partial charge in [-0.05, 0) is 71.8 Å². The van der Waals surface area contributed by atoms with Crippen LogP contribution in [0.2, 0.25) is 0 Å². The zero-order valence-electron chi connectivity index (χ0n) is 29.0. The maximum absolute atomic E-state index is 2.49. The molecule has 53 heavy (non-hydrogen) atoms. The molecular formula is C50H35N3. The molecule has 8 aromatic carbocycles. The van der Waals surface area contributed by atoms with Crippen LogP contribution in [0, 0.1) is 0 Å². The topological polar surface area (TPSA) is 13.1 Å². The summed E-state index contributed by atoms with van der Waals surface area (Å²) in [5.41, 5.74) is 13.8. The maximum atomic E-state index is 2.49. The third-order valence-electron chi connectivity index (χ3n) is 10.3. The van der Waals surface area contributed by atoms with Crippen LogP contribution in [0.15, 0.2) is 212 Å². The standard InChI is InChI=1S/C50H35N3/c1-6-19-36(20-7-1)47-45-34-33-44-43-31-16-17-32-46(43)52(49(44)50(45)53(40-27-14-5-15-28-40)48(47)37-21-8-2-9-22-37)42-30-18-29-41(35-42)51(38-23-10-3-11-24-38)39-25-12-4-13-26-39/h1-35H. The van der Waals surface area contributed by atoms with Gasteiger partial charge in [-0.1, -0.05) is 152 Å². The number of hydrogen-bond acceptors (Lipinski definition) is 1. The fourth-order valence-electron chi connectivity index (χ4n) is 8.06. The van der Waals surface area contributed by atoms with E-state index in [1.54, 1.807) is 0 Å².